The molecule has 0 aliphatic heterocycles. The molecule has 0 aliphatic rings. The molecule has 0 heterocycles. The lowest BCUT2D eigenvalue weighted by Crippen LogP contribution is -1.99. The van der Waals surface area contributed by atoms with Crippen molar-refractivity contribution in [3.63, 3.8) is 0 Å². The van der Waals surface area contributed by atoms with Gasteiger partial charge in [-0.05, 0) is 6.07 Å². The highest BCUT2D eigenvalue weighted by Gasteiger charge is 2.01. The summed E-state index contributed by atoms with van der Waals surface area (Å²) in [4.78, 5) is 11.2. The molecule has 12 heavy (non-hydrogen) atoms. The van der Waals surface area contributed by atoms with Crippen molar-refractivity contribution in [2.45, 2.75) is 4.90 Å². The van der Waals surface area contributed by atoms with Crippen LogP contribution in [0.25, 0.3) is 0 Å². The van der Waals surface area contributed by atoms with Crippen molar-refractivity contribution in [3.8, 4) is 0 Å². The first-order valence-electron chi connectivity index (χ1n) is 3.04. The van der Waals surface area contributed by atoms with Crippen LogP contribution in [0.1, 0.15) is 10.4 Å². The van der Waals surface area contributed by atoms with E-state index in [2.05, 4.69) is 0 Å². The summed E-state index contributed by atoms with van der Waals surface area (Å²) in [6.07, 6.45) is 0. The summed E-state index contributed by atoms with van der Waals surface area (Å²) in [5, 5.41) is 8.73. The summed E-state index contributed by atoms with van der Waals surface area (Å²) < 4.78 is 0. The third-order valence-corrected chi connectivity index (χ3v) is 3.09. The maximum absolute atomic E-state index is 10.6. The van der Waals surface area contributed by atoms with Crippen LogP contribution >= 0.6 is 0 Å². The van der Waals surface area contributed by atoms with E-state index in [1.54, 1.807) is 18.2 Å². The summed E-state index contributed by atoms with van der Waals surface area (Å²) in [7, 11) is -0.825. The number of hydrogen-bond donors (Lipinski definition) is 1. The molecule has 0 spiro atoms. The summed E-state index contributed by atoms with van der Waals surface area (Å²) in [6, 6.07) is 6.56. The molecular weight excluding hydrogens is 212 g/mol. The zero-order valence-corrected chi connectivity index (χ0v) is 8.34. The lowest BCUT2D eigenvalue weighted by atomic mass is 10.2. The molecule has 0 amide bonds. The monoisotopic (exact) mass is 217 g/mol. The van der Waals surface area contributed by atoms with Gasteiger partial charge >= 0.3 is 5.97 Å². The lowest BCUT2D eigenvalue weighted by Gasteiger charge is -2.07. The standard InChI is InChI=1S/C7H5O2S3/c8-7(9)5-3-1-2-4-6(5)12(10)11/h1-4H,(H,8,9)/q-1. The van der Waals surface area contributed by atoms with Crippen molar-refractivity contribution in [2.75, 3.05) is 0 Å². The minimum Gasteiger partial charge on any atom is -0.478 e. The van der Waals surface area contributed by atoms with Crippen molar-refractivity contribution in [1.29, 1.82) is 0 Å². The molecule has 0 unspecified atom stereocenters. The minimum atomic E-state index is -0.974. The Bertz CT molecular complexity index is 374. The van der Waals surface area contributed by atoms with E-state index in [9.17, 15) is 4.79 Å². The van der Waals surface area contributed by atoms with E-state index in [1.807, 2.05) is 0 Å². The quantitative estimate of drug-likeness (QED) is 0.757. The van der Waals surface area contributed by atoms with Crippen LogP contribution in [0.2, 0.25) is 0 Å². The van der Waals surface area contributed by atoms with Gasteiger partial charge in [-0.3, -0.25) is 22.4 Å². The largest absolute Gasteiger partial charge is 0.478 e. The second kappa shape index (κ2) is 3.93. The molecule has 2 nitrogen and oxygen atoms in total. The van der Waals surface area contributed by atoms with Gasteiger partial charge in [0.2, 0.25) is 0 Å². The normalized spacial score (nSPS) is 10.1. The van der Waals surface area contributed by atoms with Crippen molar-refractivity contribution in [1.82, 2.24) is 0 Å². The fourth-order valence-electron chi connectivity index (χ4n) is 0.789. The van der Waals surface area contributed by atoms with Gasteiger partial charge in [-0.1, -0.05) is 18.2 Å². The zero-order valence-electron chi connectivity index (χ0n) is 5.89. The highest BCUT2D eigenvalue weighted by atomic mass is 33.1. The van der Waals surface area contributed by atoms with E-state index in [0.717, 1.165) is 0 Å². The molecule has 1 aromatic rings. The molecule has 0 aliphatic carbocycles. The minimum absolute atomic E-state index is 0.214. The number of benzene rings is 1. The van der Waals surface area contributed by atoms with Crippen LogP contribution in [0.3, 0.4) is 0 Å². The van der Waals surface area contributed by atoms with Gasteiger partial charge in [-0.25, -0.2) is 4.79 Å². The maximum atomic E-state index is 10.6. The molecule has 1 rings (SSSR count). The number of carboxylic acids is 1. The number of hydrogen-bond acceptors (Lipinski definition) is 4. The van der Waals surface area contributed by atoms with Crippen LogP contribution in [0.15, 0.2) is 29.2 Å². The average Bonchev–Trinajstić information content (AvgIpc) is 2.04. The summed E-state index contributed by atoms with van der Waals surface area (Å²) in [5.41, 5.74) is 0.214. The number of rotatable bonds is 2. The Balaban J connectivity index is 3.36. The molecule has 64 valence electrons. The molecule has 5 heteroatoms. The zero-order chi connectivity index (χ0) is 9.14. The van der Waals surface area contributed by atoms with Crippen molar-refractivity contribution in [3.05, 3.63) is 29.8 Å². The summed E-state index contributed by atoms with van der Waals surface area (Å²) in [5.74, 6) is -0.974. The van der Waals surface area contributed by atoms with Gasteiger partial charge in [-0.2, -0.15) is 0 Å². The Hall–Kier alpha value is -0.520. The van der Waals surface area contributed by atoms with Crippen LogP contribution < -0.4 is 0 Å². The van der Waals surface area contributed by atoms with Crippen molar-refractivity contribution in [2.24, 2.45) is 0 Å². The predicted octanol–water partition coefficient (Wildman–Crippen LogP) is 1.29. The van der Waals surface area contributed by atoms with Crippen LogP contribution in [-0.4, -0.2) is 11.1 Å². The van der Waals surface area contributed by atoms with Gasteiger partial charge in [0.25, 0.3) is 0 Å². The summed E-state index contributed by atoms with van der Waals surface area (Å²) >= 11 is 9.66. The molecule has 0 aromatic heterocycles. The molecule has 0 fully saturated rings. The fraction of sp³-hybridized carbons (Fsp3) is 0. The van der Waals surface area contributed by atoms with E-state index >= 15 is 0 Å². The van der Waals surface area contributed by atoms with Crippen LogP contribution in [0.4, 0.5) is 0 Å². The molecule has 0 saturated carbocycles. The van der Waals surface area contributed by atoms with E-state index in [4.69, 9.17) is 27.5 Å². The topological polar surface area (TPSA) is 37.3 Å². The predicted molar refractivity (Wildman–Crippen MR) is 53.8 cm³/mol. The lowest BCUT2D eigenvalue weighted by molar-refractivity contribution is 0.0693. The van der Waals surface area contributed by atoms with Crippen molar-refractivity contribution < 1.29 is 9.90 Å². The van der Waals surface area contributed by atoms with Crippen LogP contribution in [0, 0.1) is 0 Å². The molecule has 0 radical (unpaired) electrons. The first-order chi connectivity index (χ1) is 5.63. The third kappa shape index (κ3) is 2.00. The summed E-state index contributed by atoms with van der Waals surface area (Å²) in [6.45, 7) is 0. The first kappa shape index (κ1) is 9.57. The van der Waals surface area contributed by atoms with E-state index in [-0.39, 0.29) is 5.56 Å². The van der Waals surface area contributed by atoms with E-state index < -0.39 is 14.0 Å². The molecular formula is C7H5O2S3-. The first-order valence-corrected chi connectivity index (χ1v) is 6.12. The molecule has 0 atom stereocenters. The van der Waals surface area contributed by atoms with E-state index in [1.165, 1.54) is 6.07 Å². The Morgan fingerprint density at radius 3 is 2.33 bits per heavy atom. The van der Waals surface area contributed by atoms with Gasteiger partial charge < -0.3 is 13.1 Å². The smallest absolute Gasteiger partial charge is 0.334 e. The molecule has 1 aromatic carbocycles. The number of carbonyl (C=O) groups is 1. The highest BCUT2D eigenvalue weighted by Crippen LogP contribution is 2.09. The Kier molecular flexibility index (Phi) is 3.13. The Labute approximate surface area is 81.1 Å². The molecule has 0 bridgehead atoms. The Morgan fingerprint density at radius 1 is 1.33 bits per heavy atom. The van der Waals surface area contributed by atoms with Gasteiger partial charge in [0, 0.05) is 5.56 Å². The van der Waals surface area contributed by atoms with Gasteiger partial charge in [-0.15, -0.1) is 4.90 Å². The second-order valence-corrected chi connectivity index (χ2v) is 5.58. The van der Waals surface area contributed by atoms with Crippen LogP contribution in [0.5, 0.6) is 0 Å². The van der Waals surface area contributed by atoms with Crippen molar-refractivity contribution >= 4 is 36.4 Å². The van der Waals surface area contributed by atoms with Gasteiger partial charge in [0.1, 0.15) is 0 Å². The SMILES string of the molecule is O=C(O)c1ccccc1[S-](=S)=S. The average molecular weight is 217 g/mol. The highest BCUT2D eigenvalue weighted by molar-refractivity contribution is 8.46. The maximum Gasteiger partial charge on any atom is 0.334 e. The number of carboxylic acid groups (broad SMARTS) is 1. The third-order valence-electron chi connectivity index (χ3n) is 1.30. The molecule has 1 N–H and O–H groups in total. The van der Waals surface area contributed by atoms with Gasteiger partial charge in [0.15, 0.2) is 0 Å². The number of aromatic carboxylic acids is 1. The Morgan fingerprint density at radius 2 is 1.92 bits per heavy atom. The van der Waals surface area contributed by atoms with Crippen LogP contribution in [-0.2, 0) is 30.4 Å². The molecule has 0 saturated heterocycles. The van der Waals surface area contributed by atoms with Gasteiger partial charge in [0.05, 0.1) is 0 Å². The van der Waals surface area contributed by atoms with E-state index in [0.29, 0.717) is 4.90 Å². The second-order valence-electron chi connectivity index (χ2n) is 2.04. The fourth-order valence-corrected chi connectivity index (χ4v) is 2.19.